The lowest BCUT2D eigenvalue weighted by Gasteiger charge is -2.08. The molecule has 0 fully saturated rings. The monoisotopic (exact) mass is 281 g/mol. The SMILES string of the molecule is CCCc1nc(=S)cc(-c2cccc3cccnc23)[nH]1. The third kappa shape index (κ3) is 2.47. The minimum absolute atomic E-state index is 0.620. The highest BCUT2D eigenvalue weighted by Crippen LogP contribution is 2.25. The Morgan fingerprint density at radius 2 is 2.05 bits per heavy atom. The zero-order valence-corrected chi connectivity index (χ0v) is 12.1. The van der Waals surface area contributed by atoms with Crippen molar-refractivity contribution in [1.82, 2.24) is 15.0 Å². The molecule has 20 heavy (non-hydrogen) atoms. The lowest BCUT2D eigenvalue weighted by Crippen LogP contribution is -1.97. The number of nitrogens with one attached hydrogen (secondary N) is 1. The van der Waals surface area contributed by atoms with Gasteiger partial charge in [-0.2, -0.15) is 0 Å². The number of H-pyrrole nitrogens is 1. The Hall–Kier alpha value is -2.07. The summed E-state index contributed by atoms with van der Waals surface area (Å²) >= 11 is 5.27. The number of pyridine rings is 1. The molecule has 100 valence electrons. The van der Waals surface area contributed by atoms with Gasteiger partial charge in [-0.05, 0) is 18.6 Å². The number of para-hydroxylation sites is 1. The zero-order valence-electron chi connectivity index (χ0n) is 11.3. The predicted molar refractivity (Wildman–Crippen MR) is 84.2 cm³/mol. The second kappa shape index (κ2) is 5.51. The Balaban J connectivity index is 2.23. The van der Waals surface area contributed by atoms with Crippen molar-refractivity contribution >= 4 is 23.1 Å². The van der Waals surface area contributed by atoms with E-state index < -0.39 is 0 Å². The number of hydrogen-bond donors (Lipinski definition) is 1. The molecule has 3 rings (SSSR count). The molecule has 1 aromatic carbocycles. The van der Waals surface area contributed by atoms with Crippen molar-refractivity contribution in [3.63, 3.8) is 0 Å². The number of nitrogens with zero attached hydrogens (tertiary/aromatic N) is 2. The fourth-order valence-electron chi connectivity index (χ4n) is 2.33. The maximum absolute atomic E-state index is 5.27. The smallest absolute Gasteiger partial charge is 0.130 e. The lowest BCUT2D eigenvalue weighted by atomic mass is 10.1. The summed E-state index contributed by atoms with van der Waals surface area (Å²) in [4.78, 5) is 12.2. The standard InChI is InChI=1S/C16H15N3S/c1-2-5-14-18-13(10-15(20)19-14)12-8-3-6-11-7-4-9-17-16(11)12/h3-4,6-10H,2,5H2,1H3,(H,18,19,20). The molecule has 0 spiro atoms. The van der Waals surface area contributed by atoms with E-state index in [1.807, 2.05) is 24.4 Å². The summed E-state index contributed by atoms with van der Waals surface area (Å²) in [5.41, 5.74) is 3.03. The van der Waals surface area contributed by atoms with E-state index in [2.05, 4.69) is 40.1 Å². The van der Waals surface area contributed by atoms with E-state index >= 15 is 0 Å². The summed E-state index contributed by atoms with van der Waals surface area (Å²) in [6.07, 6.45) is 3.75. The van der Waals surface area contributed by atoms with Crippen LogP contribution in [0.2, 0.25) is 0 Å². The number of aromatic amines is 1. The van der Waals surface area contributed by atoms with E-state index in [9.17, 15) is 0 Å². The summed E-state index contributed by atoms with van der Waals surface area (Å²) in [6, 6.07) is 12.1. The van der Waals surface area contributed by atoms with E-state index in [0.29, 0.717) is 4.64 Å². The molecule has 4 heteroatoms. The Kier molecular flexibility index (Phi) is 3.56. The van der Waals surface area contributed by atoms with Gasteiger partial charge in [-0.25, -0.2) is 4.98 Å². The van der Waals surface area contributed by atoms with E-state index in [0.717, 1.165) is 40.8 Å². The summed E-state index contributed by atoms with van der Waals surface area (Å²) in [7, 11) is 0. The van der Waals surface area contributed by atoms with E-state index in [-0.39, 0.29) is 0 Å². The van der Waals surface area contributed by atoms with Crippen LogP contribution in [-0.4, -0.2) is 15.0 Å². The van der Waals surface area contributed by atoms with E-state index in [4.69, 9.17) is 12.2 Å². The van der Waals surface area contributed by atoms with Gasteiger partial charge in [0.1, 0.15) is 10.5 Å². The number of fused-ring (bicyclic) bond motifs is 1. The first-order chi connectivity index (χ1) is 9.78. The first kappa shape index (κ1) is 12.9. The number of benzene rings is 1. The van der Waals surface area contributed by atoms with Gasteiger partial charge in [0.25, 0.3) is 0 Å². The second-order valence-electron chi connectivity index (χ2n) is 4.71. The summed E-state index contributed by atoms with van der Waals surface area (Å²) in [5.74, 6) is 0.933. The first-order valence-electron chi connectivity index (χ1n) is 6.72. The Morgan fingerprint density at radius 1 is 1.20 bits per heavy atom. The summed E-state index contributed by atoms with van der Waals surface area (Å²) < 4.78 is 0.620. The molecule has 0 bridgehead atoms. The van der Waals surface area contributed by atoms with Gasteiger partial charge in [0.15, 0.2) is 0 Å². The normalized spacial score (nSPS) is 10.8. The highest BCUT2D eigenvalue weighted by Gasteiger charge is 2.06. The molecular formula is C16H15N3S. The van der Waals surface area contributed by atoms with Crippen molar-refractivity contribution < 1.29 is 0 Å². The number of hydrogen-bond acceptors (Lipinski definition) is 3. The predicted octanol–water partition coefficient (Wildman–Crippen LogP) is 4.31. The fourth-order valence-corrected chi connectivity index (χ4v) is 2.56. The fraction of sp³-hybridized carbons (Fsp3) is 0.188. The van der Waals surface area contributed by atoms with Gasteiger partial charge < -0.3 is 4.98 Å². The van der Waals surface area contributed by atoms with Crippen molar-refractivity contribution in [2.24, 2.45) is 0 Å². The van der Waals surface area contributed by atoms with Crippen molar-refractivity contribution in [2.75, 3.05) is 0 Å². The molecule has 0 saturated heterocycles. The van der Waals surface area contributed by atoms with Crippen LogP contribution in [0.3, 0.4) is 0 Å². The van der Waals surface area contributed by atoms with Gasteiger partial charge in [-0.3, -0.25) is 4.98 Å². The van der Waals surface area contributed by atoms with Gasteiger partial charge in [-0.1, -0.05) is 43.4 Å². The van der Waals surface area contributed by atoms with E-state index in [1.165, 1.54) is 0 Å². The average molecular weight is 281 g/mol. The van der Waals surface area contributed by atoms with Gasteiger partial charge in [0.05, 0.1) is 11.2 Å². The molecule has 3 aromatic rings. The molecule has 0 unspecified atom stereocenters. The van der Waals surface area contributed by atoms with Crippen LogP contribution in [0.1, 0.15) is 19.2 Å². The largest absolute Gasteiger partial charge is 0.343 e. The molecular weight excluding hydrogens is 266 g/mol. The highest BCUT2D eigenvalue weighted by atomic mass is 32.1. The Morgan fingerprint density at radius 3 is 2.90 bits per heavy atom. The van der Waals surface area contributed by atoms with Crippen molar-refractivity contribution in [2.45, 2.75) is 19.8 Å². The molecule has 0 radical (unpaired) electrons. The second-order valence-corrected chi connectivity index (χ2v) is 5.13. The van der Waals surface area contributed by atoms with Crippen LogP contribution in [0.4, 0.5) is 0 Å². The van der Waals surface area contributed by atoms with Crippen LogP contribution in [0, 0.1) is 4.64 Å². The summed E-state index contributed by atoms with van der Waals surface area (Å²) in [5, 5.41) is 1.12. The van der Waals surface area contributed by atoms with Crippen LogP contribution < -0.4 is 0 Å². The quantitative estimate of drug-likeness (QED) is 0.727. The van der Waals surface area contributed by atoms with Gasteiger partial charge in [-0.15, -0.1) is 0 Å². The minimum Gasteiger partial charge on any atom is -0.343 e. The van der Waals surface area contributed by atoms with Crippen LogP contribution in [0.5, 0.6) is 0 Å². The number of aromatic nitrogens is 3. The molecule has 0 aliphatic heterocycles. The maximum Gasteiger partial charge on any atom is 0.130 e. The van der Waals surface area contributed by atoms with Gasteiger partial charge in [0.2, 0.25) is 0 Å². The van der Waals surface area contributed by atoms with Crippen molar-refractivity contribution in [3.8, 4) is 11.3 Å². The molecule has 2 aromatic heterocycles. The molecule has 0 amide bonds. The Labute approximate surface area is 122 Å². The first-order valence-corrected chi connectivity index (χ1v) is 7.13. The van der Waals surface area contributed by atoms with Gasteiger partial charge in [0, 0.05) is 23.6 Å². The molecule has 0 aliphatic carbocycles. The zero-order chi connectivity index (χ0) is 13.9. The topological polar surface area (TPSA) is 41.6 Å². The Bertz CT molecular complexity index is 803. The van der Waals surface area contributed by atoms with E-state index in [1.54, 1.807) is 0 Å². The third-order valence-corrected chi connectivity index (χ3v) is 3.41. The minimum atomic E-state index is 0.620. The van der Waals surface area contributed by atoms with Gasteiger partial charge >= 0.3 is 0 Å². The van der Waals surface area contributed by atoms with Crippen molar-refractivity contribution in [1.29, 1.82) is 0 Å². The van der Waals surface area contributed by atoms with Crippen LogP contribution in [-0.2, 0) is 6.42 Å². The molecule has 3 nitrogen and oxygen atoms in total. The van der Waals surface area contributed by atoms with Crippen LogP contribution in [0.15, 0.2) is 42.6 Å². The number of rotatable bonds is 3. The average Bonchev–Trinajstić information content (AvgIpc) is 2.46. The third-order valence-electron chi connectivity index (χ3n) is 3.20. The molecule has 0 saturated carbocycles. The van der Waals surface area contributed by atoms with Crippen LogP contribution >= 0.6 is 12.2 Å². The molecule has 0 atom stereocenters. The number of aryl methyl sites for hydroxylation is 1. The van der Waals surface area contributed by atoms with Crippen LogP contribution in [0.25, 0.3) is 22.2 Å². The summed E-state index contributed by atoms with van der Waals surface area (Å²) in [6.45, 7) is 2.13. The lowest BCUT2D eigenvalue weighted by molar-refractivity contribution is 0.833. The molecule has 2 heterocycles. The highest BCUT2D eigenvalue weighted by molar-refractivity contribution is 7.71. The van der Waals surface area contributed by atoms with Crippen molar-refractivity contribution in [3.05, 3.63) is 53.1 Å². The molecule has 0 aliphatic rings. The molecule has 1 N–H and O–H groups in total. The maximum atomic E-state index is 5.27.